The van der Waals surface area contributed by atoms with Crippen LogP contribution in [0.4, 0.5) is 5.95 Å². The van der Waals surface area contributed by atoms with E-state index in [1.165, 1.54) is 6.20 Å². The molecule has 0 aliphatic heterocycles. The summed E-state index contributed by atoms with van der Waals surface area (Å²) in [6, 6.07) is 3.74. The van der Waals surface area contributed by atoms with Crippen molar-refractivity contribution in [3.63, 3.8) is 0 Å². The molecule has 0 aromatic carbocycles. The van der Waals surface area contributed by atoms with Gasteiger partial charge in [0.25, 0.3) is 0 Å². The van der Waals surface area contributed by atoms with Crippen LogP contribution in [-0.2, 0) is 0 Å². The van der Waals surface area contributed by atoms with E-state index in [0.29, 0.717) is 11.5 Å². The SMILES string of the molecule is CC.N#Cc1cncc(-c2cnc(N)[nH]2)c1. The van der Waals surface area contributed by atoms with E-state index in [0.717, 1.165) is 11.3 Å². The van der Waals surface area contributed by atoms with Gasteiger partial charge in [-0.3, -0.25) is 4.98 Å². The fourth-order valence-electron chi connectivity index (χ4n) is 1.13. The van der Waals surface area contributed by atoms with Crippen molar-refractivity contribution < 1.29 is 0 Å². The second-order valence-electron chi connectivity index (χ2n) is 2.76. The number of nitriles is 1. The number of nitrogens with zero attached hydrogens (tertiary/aromatic N) is 3. The van der Waals surface area contributed by atoms with Crippen LogP contribution in [0.15, 0.2) is 24.7 Å². The summed E-state index contributed by atoms with van der Waals surface area (Å²) >= 11 is 0. The van der Waals surface area contributed by atoms with E-state index in [4.69, 9.17) is 11.0 Å². The molecule has 2 heterocycles. The van der Waals surface area contributed by atoms with E-state index in [1.54, 1.807) is 18.5 Å². The van der Waals surface area contributed by atoms with Crippen LogP contribution in [0.1, 0.15) is 19.4 Å². The van der Waals surface area contributed by atoms with Crippen molar-refractivity contribution in [2.24, 2.45) is 0 Å². The summed E-state index contributed by atoms with van der Waals surface area (Å²) in [4.78, 5) is 10.7. The Kier molecular flexibility index (Phi) is 4.04. The van der Waals surface area contributed by atoms with Crippen LogP contribution in [0.3, 0.4) is 0 Å². The average Bonchev–Trinajstić information content (AvgIpc) is 2.79. The zero-order chi connectivity index (χ0) is 12.0. The van der Waals surface area contributed by atoms with Crippen molar-refractivity contribution in [2.45, 2.75) is 13.8 Å². The topological polar surface area (TPSA) is 91.4 Å². The van der Waals surface area contributed by atoms with E-state index in [2.05, 4.69) is 15.0 Å². The Morgan fingerprint density at radius 3 is 2.62 bits per heavy atom. The molecule has 0 bridgehead atoms. The first-order valence-electron chi connectivity index (χ1n) is 4.95. The molecule has 2 aromatic rings. The molecule has 0 radical (unpaired) electrons. The zero-order valence-corrected chi connectivity index (χ0v) is 9.23. The van der Waals surface area contributed by atoms with Gasteiger partial charge in [-0.1, -0.05) is 13.8 Å². The molecule has 0 fully saturated rings. The number of anilines is 1. The highest BCUT2D eigenvalue weighted by molar-refractivity contribution is 5.60. The van der Waals surface area contributed by atoms with Crippen molar-refractivity contribution in [2.75, 3.05) is 5.73 Å². The Labute approximate surface area is 94.0 Å². The molecule has 0 saturated heterocycles. The maximum absolute atomic E-state index is 8.67. The molecule has 3 N–H and O–H groups in total. The highest BCUT2D eigenvalue weighted by atomic mass is 15.0. The summed E-state index contributed by atoms with van der Waals surface area (Å²) < 4.78 is 0. The highest BCUT2D eigenvalue weighted by Crippen LogP contribution is 2.17. The number of nitrogen functional groups attached to an aromatic ring is 1. The van der Waals surface area contributed by atoms with Crippen LogP contribution >= 0.6 is 0 Å². The molecule has 82 valence electrons. The fourth-order valence-corrected chi connectivity index (χ4v) is 1.13. The number of H-pyrrole nitrogens is 1. The first-order chi connectivity index (χ1) is 7.79. The summed E-state index contributed by atoms with van der Waals surface area (Å²) in [5.41, 5.74) is 7.50. The maximum atomic E-state index is 8.67. The van der Waals surface area contributed by atoms with Crippen molar-refractivity contribution in [3.05, 3.63) is 30.2 Å². The number of aromatic nitrogens is 3. The molecular formula is C11H13N5. The molecule has 5 nitrogen and oxygen atoms in total. The molecular weight excluding hydrogens is 202 g/mol. The smallest absolute Gasteiger partial charge is 0.197 e. The number of nitrogens with one attached hydrogen (secondary N) is 1. The van der Waals surface area contributed by atoms with Gasteiger partial charge in [0.05, 0.1) is 17.5 Å². The Bertz CT molecular complexity index is 495. The minimum absolute atomic E-state index is 0.349. The number of imidazole rings is 1. The number of hydrogen-bond acceptors (Lipinski definition) is 4. The number of pyridine rings is 1. The zero-order valence-electron chi connectivity index (χ0n) is 9.23. The van der Waals surface area contributed by atoms with Gasteiger partial charge < -0.3 is 10.7 Å². The fraction of sp³-hybridized carbons (Fsp3) is 0.182. The van der Waals surface area contributed by atoms with Gasteiger partial charge in [-0.25, -0.2) is 4.98 Å². The van der Waals surface area contributed by atoms with Crippen LogP contribution in [0, 0.1) is 11.3 Å². The quantitative estimate of drug-likeness (QED) is 0.760. The molecule has 0 unspecified atom stereocenters. The molecule has 5 heteroatoms. The minimum atomic E-state index is 0.349. The average molecular weight is 215 g/mol. The van der Waals surface area contributed by atoms with E-state index in [-0.39, 0.29) is 0 Å². The Balaban J connectivity index is 0.000000606. The maximum Gasteiger partial charge on any atom is 0.197 e. The Hall–Kier alpha value is -2.35. The summed E-state index contributed by atoms with van der Waals surface area (Å²) in [6.07, 6.45) is 4.75. The van der Waals surface area contributed by atoms with E-state index in [1.807, 2.05) is 19.9 Å². The van der Waals surface area contributed by atoms with Gasteiger partial charge in [0.1, 0.15) is 6.07 Å². The van der Waals surface area contributed by atoms with Crippen LogP contribution in [0.2, 0.25) is 0 Å². The van der Waals surface area contributed by atoms with Gasteiger partial charge >= 0.3 is 0 Å². The lowest BCUT2D eigenvalue weighted by Gasteiger charge is -1.95. The lowest BCUT2D eigenvalue weighted by atomic mass is 10.2. The minimum Gasteiger partial charge on any atom is -0.369 e. The van der Waals surface area contributed by atoms with E-state index >= 15 is 0 Å². The third-order valence-electron chi connectivity index (χ3n) is 1.77. The highest BCUT2D eigenvalue weighted by Gasteiger charge is 2.02. The lowest BCUT2D eigenvalue weighted by Crippen LogP contribution is -1.86. The Morgan fingerprint density at radius 2 is 2.06 bits per heavy atom. The third kappa shape index (κ3) is 2.58. The number of hydrogen-bond donors (Lipinski definition) is 2. The first-order valence-corrected chi connectivity index (χ1v) is 4.95. The van der Waals surface area contributed by atoms with Gasteiger partial charge in [-0.15, -0.1) is 0 Å². The van der Waals surface area contributed by atoms with Gasteiger partial charge in [0.2, 0.25) is 0 Å². The number of nitrogens with two attached hydrogens (primary N) is 1. The lowest BCUT2D eigenvalue weighted by molar-refractivity contribution is 1.28. The number of aromatic amines is 1. The van der Waals surface area contributed by atoms with E-state index < -0.39 is 0 Å². The molecule has 2 aromatic heterocycles. The molecule has 0 aliphatic rings. The van der Waals surface area contributed by atoms with Gasteiger partial charge in [0, 0.05) is 18.0 Å². The molecule has 0 amide bonds. The summed E-state index contributed by atoms with van der Waals surface area (Å²) in [5.74, 6) is 0.349. The molecule has 0 saturated carbocycles. The normalized spacial score (nSPS) is 8.81. The monoisotopic (exact) mass is 215 g/mol. The van der Waals surface area contributed by atoms with E-state index in [9.17, 15) is 0 Å². The van der Waals surface area contributed by atoms with Crippen molar-refractivity contribution in [3.8, 4) is 17.3 Å². The second kappa shape index (κ2) is 5.51. The first kappa shape index (κ1) is 11.7. The van der Waals surface area contributed by atoms with Crippen LogP contribution in [-0.4, -0.2) is 15.0 Å². The van der Waals surface area contributed by atoms with Crippen LogP contribution < -0.4 is 5.73 Å². The predicted octanol–water partition coefficient (Wildman–Crippen LogP) is 1.95. The van der Waals surface area contributed by atoms with Crippen LogP contribution in [0.5, 0.6) is 0 Å². The number of rotatable bonds is 1. The van der Waals surface area contributed by atoms with Gasteiger partial charge in [-0.2, -0.15) is 5.26 Å². The van der Waals surface area contributed by atoms with Crippen molar-refractivity contribution >= 4 is 5.95 Å². The second-order valence-corrected chi connectivity index (χ2v) is 2.76. The molecule has 16 heavy (non-hydrogen) atoms. The summed E-state index contributed by atoms with van der Waals surface area (Å²) in [7, 11) is 0. The molecule has 0 atom stereocenters. The predicted molar refractivity (Wildman–Crippen MR) is 62.3 cm³/mol. The van der Waals surface area contributed by atoms with Crippen LogP contribution in [0.25, 0.3) is 11.3 Å². The summed E-state index contributed by atoms with van der Waals surface area (Å²) in [5, 5.41) is 8.67. The molecule has 0 aliphatic carbocycles. The molecule has 0 spiro atoms. The van der Waals surface area contributed by atoms with Crippen molar-refractivity contribution in [1.29, 1.82) is 5.26 Å². The molecule has 2 rings (SSSR count). The summed E-state index contributed by atoms with van der Waals surface area (Å²) in [6.45, 7) is 4.00. The van der Waals surface area contributed by atoms with Gasteiger partial charge in [-0.05, 0) is 6.07 Å². The van der Waals surface area contributed by atoms with Gasteiger partial charge in [0.15, 0.2) is 5.95 Å². The Morgan fingerprint density at radius 1 is 1.31 bits per heavy atom. The third-order valence-corrected chi connectivity index (χ3v) is 1.77. The largest absolute Gasteiger partial charge is 0.369 e. The van der Waals surface area contributed by atoms with Crippen molar-refractivity contribution in [1.82, 2.24) is 15.0 Å². The standard InChI is InChI=1S/C9H7N5.C2H6/c10-2-6-1-7(4-12-3-6)8-5-13-9(11)14-8;1-2/h1,3-5H,(H3,11,13,14);1-2H3.